The molecular formula is C12H9F6NS. The average Bonchev–Trinajstić information content (AvgIpc) is 2.68. The van der Waals surface area contributed by atoms with Gasteiger partial charge in [-0.1, -0.05) is 18.2 Å². The number of halogens is 6. The van der Waals surface area contributed by atoms with E-state index >= 15 is 0 Å². The van der Waals surface area contributed by atoms with Crippen molar-refractivity contribution in [2.24, 2.45) is 11.7 Å². The van der Waals surface area contributed by atoms with Gasteiger partial charge in [-0.15, -0.1) is 11.3 Å². The number of fused-ring (bicyclic) bond motifs is 1. The Morgan fingerprint density at radius 3 is 2.05 bits per heavy atom. The third kappa shape index (κ3) is 2.76. The highest BCUT2D eigenvalue weighted by atomic mass is 32.1. The first-order valence-corrected chi connectivity index (χ1v) is 6.35. The SMILES string of the molecule is NC(c1csc2ccccc12)C(C(F)(F)F)C(F)(F)F. The maximum atomic E-state index is 12.7. The van der Waals surface area contributed by atoms with E-state index < -0.39 is 24.3 Å². The Kier molecular flexibility index (Phi) is 3.72. The van der Waals surface area contributed by atoms with Crippen LogP contribution in [0.15, 0.2) is 29.6 Å². The molecule has 0 bridgehead atoms. The van der Waals surface area contributed by atoms with Crippen molar-refractivity contribution in [3.8, 4) is 0 Å². The van der Waals surface area contributed by atoms with Crippen LogP contribution < -0.4 is 5.73 Å². The Morgan fingerprint density at radius 1 is 0.950 bits per heavy atom. The molecule has 110 valence electrons. The van der Waals surface area contributed by atoms with Gasteiger partial charge < -0.3 is 5.73 Å². The molecule has 20 heavy (non-hydrogen) atoms. The molecule has 0 aliphatic carbocycles. The number of benzene rings is 1. The van der Waals surface area contributed by atoms with Crippen molar-refractivity contribution < 1.29 is 26.3 Å². The van der Waals surface area contributed by atoms with Crippen LogP contribution in [0.2, 0.25) is 0 Å². The predicted octanol–water partition coefficient (Wildman–Crippen LogP) is 4.64. The highest BCUT2D eigenvalue weighted by Gasteiger charge is 2.59. The van der Waals surface area contributed by atoms with Crippen LogP contribution in [0.25, 0.3) is 10.1 Å². The Labute approximate surface area is 114 Å². The fraction of sp³-hybridized carbons (Fsp3) is 0.333. The van der Waals surface area contributed by atoms with Crippen LogP contribution >= 0.6 is 11.3 Å². The lowest BCUT2D eigenvalue weighted by molar-refractivity contribution is -0.290. The molecule has 1 atom stereocenters. The van der Waals surface area contributed by atoms with E-state index in [-0.39, 0.29) is 5.56 Å². The lowest BCUT2D eigenvalue weighted by Gasteiger charge is -2.28. The molecule has 0 amide bonds. The summed E-state index contributed by atoms with van der Waals surface area (Å²) in [5, 5.41) is 1.57. The Balaban J connectivity index is 2.50. The van der Waals surface area contributed by atoms with Crippen molar-refractivity contribution in [2.45, 2.75) is 18.4 Å². The lowest BCUT2D eigenvalue weighted by atomic mass is 9.92. The standard InChI is InChI=1S/C12H9F6NS/c13-11(14,15)10(12(16,17)18)9(19)7-5-20-8-4-2-1-3-6(7)8/h1-5,9-10H,19H2. The van der Waals surface area contributed by atoms with E-state index in [4.69, 9.17) is 5.73 Å². The van der Waals surface area contributed by atoms with Crippen LogP contribution in [0, 0.1) is 5.92 Å². The summed E-state index contributed by atoms with van der Waals surface area (Å²) in [7, 11) is 0. The first-order valence-electron chi connectivity index (χ1n) is 5.47. The molecule has 1 aromatic heterocycles. The number of rotatable bonds is 2. The number of thiophene rings is 1. The maximum absolute atomic E-state index is 12.7. The second-order valence-corrected chi connectivity index (χ2v) is 5.19. The molecule has 2 N–H and O–H groups in total. The maximum Gasteiger partial charge on any atom is 0.402 e. The summed E-state index contributed by atoms with van der Waals surface area (Å²) >= 11 is 1.07. The number of hydrogen-bond donors (Lipinski definition) is 1. The van der Waals surface area contributed by atoms with Gasteiger partial charge >= 0.3 is 12.4 Å². The quantitative estimate of drug-likeness (QED) is 0.803. The Hall–Kier alpha value is -1.28. The van der Waals surface area contributed by atoms with E-state index in [1.807, 2.05) is 0 Å². The molecule has 1 unspecified atom stereocenters. The van der Waals surface area contributed by atoms with Gasteiger partial charge in [0.25, 0.3) is 0 Å². The highest BCUT2D eigenvalue weighted by Crippen LogP contribution is 2.47. The van der Waals surface area contributed by atoms with Gasteiger partial charge in [0.1, 0.15) is 0 Å². The van der Waals surface area contributed by atoms with Crippen LogP contribution in [-0.4, -0.2) is 12.4 Å². The second-order valence-electron chi connectivity index (χ2n) is 4.27. The van der Waals surface area contributed by atoms with Gasteiger partial charge in [0.05, 0.1) is 6.04 Å². The monoisotopic (exact) mass is 313 g/mol. The molecule has 0 saturated carbocycles. The largest absolute Gasteiger partial charge is 0.402 e. The topological polar surface area (TPSA) is 26.0 Å². The van der Waals surface area contributed by atoms with Gasteiger partial charge in [0.2, 0.25) is 0 Å². The minimum absolute atomic E-state index is 0.134. The molecule has 0 aliphatic heterocycles. The summed E-state index contributed by atoms with van der Waals surface area (Å²) in [4.78, 5) is 0. The van der Waals surface area contributed by atoms with Crippen LogP contribution in [0.4, 0.5) is 26.3 Å². The van der Waals surface area contributed by atoms with E-state index in [1.54, 1.807) is 18.2 Å². The van der Waals surface area contributed by atoms with Gasteiger partial charge in [-0.2, -0.15) is 26.3 Å². The van der Waals surface area contributed by atoms with Crippen molar-refractivity contribution >= 4 is 21.4 Å². The molecule has 0 fully saturated rings. The van der Waals surface area contributed by atoms with Crippen LogP contribution in [-0.2, 0) is 0 Å². The smallest absolute Gasteiger partial charge is 0.323 e. The minimum atomic E-state index is -5.44. The van der Waals surface area contributed by atoms with Gasteiger partial charge in [0, 0.05) is 4.70 Å². The highest BCUT2D eigenvalue weighted by molar-refractivity contribution is 7.17. The van der Waals surface area contributed by atoms with E-state index in [9.17, 15) is 26.3 Å². The van der Waals surface area contributed by atoms with Crippen LogP contribution in [0.1, 0.15) is 11.6 Å². The first kappa shape index (κ1) is 15.1. The van der Waals surface area contributed by atoms with Crippen molar-refractivity contribution in [3.63, 3.8) is 0 Å². The van der Waals surface area contributed by atoms with Crippen molar-refractivity contribution in [1.29, 1.82) is 0 Å². The molecule has 1 nitrogen and oxygen atoms in total. The summed E-state index contributed by atoms with van der Waals surface area (Å²) in [5.74, 6) is -3.58. The number of alkyl halides is 6. The summed E-state index contributed by atoms with van der Waals surface area (Å²) in [6.45, 7) is 0. The number of hydrogen-bond acceptors (Lipinski definition) is 2. The molecule has 1 heterocycles. The van der Waals surface area contributed by atoms with E-state index in [0.717, 1.165) is 11.3 Å². The number of nitrogens with two attached hydrogens (primary N) is 1. The van der Waals surface area contributed by atoms with E-state index in [2.05, 4.69) is 0 Å². The minimum Gasteiger partial charge on any atom is -0.323 e. The molecular weight excluding hydrogens is 304 g/mol. The third-order valence-electron chi connectivity index (χ3n) is 2.93. The van der Waals surface area contributed by atoms with Crippen LogP contribution in [0.3, 0.4) is 0 Å². The van der Waals surface area contributed by atoms with Gasteiger partial charge in [0.15, 0.2) is 5.92 Å². The van der Waals surface area contributed by atoms with E-state index in [1.165, 1.54) is 11.4 Å². The predicted molar refractivity (Wildman–Crippen MR) is 64.4 cm³/mol. The zero-order valence-electron chi connectivity index (χ0n) is 9.79. The Bertz CT molecular complexity index is 586. The fourth-order valence-corrected chi connectivity index (χ4v) is 3.04. The molecule has 8 heteroatoms. The molecule has 0 radical (unpaired) electrons. The molecule has 2 rings (SSSR count). The first-order chi connectivity index (χ1) is 9.12. The molecule has 1 aromatic carbocycles. The van der Waals surface area contributed by atoms with Crippen LogP contribution in [0.5, 0.6) is 0 Å². The van der Waals surface area contributed by atoms with Crippen molar-refractivity contribution in [3.05, 3.63) is 35.2 Å². The molecule has 2 aromatic rings. The summed E-state index contributed by atoms with van der Waals surface area (Å²) in [5.41, 5.74) is 5.15. The molecule has 0 aliphatic rings. The third-order valence-corrected chi connectivity index (χ3v) is 3.92. The lowest BCUT2D eigenvalue weighted by Crippen LogP contribution is -2.43. The summed E-state index contributed by atoms with van der Waals surface area (Å²) in [6.07, 6.45) is -10.9. The summed E-state index contributed by atoms with van der Waals surface area (Å²) in [6, 6.07) is 4.10. The van der Waals surface area contributed by atoms with Gasteiger partial charge in [-0.05, 0) is 22.4 Å². The normalized spacial score (nSPS) is 15.0. The van der Waals surface area contributed by atoms with Gasteiger partial charge in [-0.25, -0.2) is 0 Å². The fourth-order valence-electron chi connectivity index (χ4n) is 2.03. The molecule has 0 spiro atoms. The van der Waals surface area contributed by atoms with Gasteiger partial charge in [-0.3, -0.25) is 0 Å². The van der Waals surface area contributed by atoms with Crippen molar-refractivity contribution in [1.82, 2.24) is 0 Å². The Morgan fingerprint density at radius 2 is 1.50 bits per heavy atom. The molecule has 0 saturated heterocycles. The zero-order valence-corrected chi connectivity index (χ0v) is 10.6. The van der Waals surface area contributed by atoms with E-state index in [0.29, 0.717) is 10.1 Å². The summed E-state index contributed by atoms with van der Waals surface area (Å²) < 4.78 is 76.6. The average molecular weight is 313 g/mol. The van der Waals surface area contributed by atoms with Crippen molar-refractivity contribution in [2.75, 3.05) is 0 Å². The second kappa shape index (κ2) is 4.92. The zero-order chi connectivity index (χ0) is 15.1.